The first-order valence-corrected chi connectivity index (χ1v) is 5.74. The van der Waals surface area contributed by atoms with Crippen molar-refractivity contribution in [3.8, 4) is 0 Å². The summed E-state index contributed by atoms with van der Waals surface area (Å²) in [6.45, 7) is 7.41. The highest BCUT2D eigenvalue weighted by molar-refractivity contribution is 5.10. The van der Waals surface area contributed by atoms with Crippen LogP contribution in [-0.4, -0.2) is 18.0 Å². The molecule has 2 rings (SSSR count). The first-order chi connectivity index (χ1) is 6.29. The van der Waals surface area contributed by atoms with E-state index in [0.29, 0.717) is 0 Å². The molecule has 0 N–H and O–H groups in total. The molecule has 1 heterocycles. The standard InChI is InChI=1S/C12H21N/c1-10-6-5-7-12(11(10)2)13-8-3-4-9-13/h7,10-11H,3-6,8-9H2,1-2H3. The van der Waals surface area contributed by atoms with Gasteiger partial charge in [-0.15, -0.1) is 0 Å². The monoisotopic (exact) mass is 179 g/mol. The summed E-state index contributed by atoms with van der Waals surface area (Å²) in [4.78, 5) is 2.61. The van der Waals surface area contributed by atoms with Gasteiger partial charge in [-0.1, -0.05) is 19.9 Å². The van der Waals surface area contributed by atoms with Gasteiger partial charge in [0.25, 0.3) is 0 Å². The molecule has 0 radical (unpaired) electrons. The zero-order chi connectivity index (χ0) is 9.26. The van der Waals surface area contributed by atoms with E-state index >= 15 is 0 Å². The topological polar surface area (TPSA) is 3.24 Å². The molecule has 1 heteroatoms. The predicted molar refractivity (Wildman–Crippen MR) is 56.5 cm³/mol. The smallest absolute Gasteiger partial charge is 0.0175 e. The van der Waals surface area contributed by atoms with E-state index in [1.54, 1.807) is 5.70 Å². The Balaban J connectivity index is 2.07. The van der Waals surface area contributed by atoms with Crippen molar-refractivity contribution in [3.05, 3.63) is 11.8 Å². The second kappa shape index (κ2) is 3.73. The molecule has 13 heavy (non-hydrogen) atoms. The molecule has 0 amide bonds. The Morgan fingerprint density at radius 1 is 1.23 bits per heavy atom. The molecule has 1 saturated heterocycles. The van der Waals surface area contributed by atoms with Crippen molar-refractivity contribution < 1.29 is 0 Å². The summed E-state index contributed by atoms with van der Waals surface area (Å²) in [5.41, 5.74) is 1.65. The van der Waals surface area contributed by atoms with Crippen LogP contribution < -0.4 is 0 Å². The fourth-order valence-corrected chi connectivity index (χ4v) is 2.61. The van der Waals surface area contributed by atoms with Crippen LogP contribution >= 0.6 is 0 Å². The van der Waals surface area contributed by atoms with Crippen LogP contribution in [0.1, 0.15) is 39.5 Å². The molecule has 1 aliphatic carbocycles. The first kappa shape index (κ1) is 9.11. The number of hydrogen-bond acceptors (Lipinski definition) is 1. The third-order valence-corrected chi connectivity index (χ3v) is 3.77. The fraction of sp³-hybridized carbons (Fsp3) is 0.833. The summed E-state index contributed by atoms with van der Waals surface area (Å²) >= 11 is 0. The van der Waals surface area contributed by atoms with Crippen molar-refractivity contribution in [1.82, 2.24) is 4.90 Å². The van der Waals surface area contributed by atoms with E-state index in [-0.39, 0.29) is 0 Å². The molecule has 1 aliphatic heterocycles. The molecule has 0 aromatic rings. The quantitative estimate of drug-likeness (QED) is 0.598. The molecule has 2 atom stereocenters. The summed E-state index contributed by atoms with van der Waals surface area (Å²) in [7, 11) is 0. The van der Waals surface area contributed by atoms with Crippen LogP contribution in [0.3, 0.4) is 0 Å². The summed E-state index contributed by atoms with van der Waals surface area (Å²) in [6, 6.07) is 0. The Kier molecular flexibility index (Phi) is 2.61. The van der Waals surface area contributed by atoms with E-state index in [2.05, 4.69) is 24.8 Å². The molecular formula is C12H21N. The van der Waals surface area contributed by atoms with E-state index in [1.165, 1.54) is 38.8 Å². The highest BCUT2D eigenvalue weighted by Gasteiger charge is 2.25. The highest BCUT2D eigenvalue weighted by atomic mass is 15.2. The summed E-state index contributed by atoms with van der Waals surface area (Å²) in [5.74, 6) is 1.69. The summed E-state index contributed by atoms with van der Waals surface area (Å²) < 4.78 is 0. The zero-order valence-corrected chi connectivity index (χ0v) is 8.92. The van der Waals surface area contributed by atoms with Gasteiger partial charge in [0.1, 0.15) is 0 Å². The Morgan fingerprint density at radius 3 is 2.62 bits per heavy atom. The number of likely N-dealkylation sites (tertiary alicyclic amines) is 1. The normalized spacial score (nSPS) is 34.9. The zero-order valence-electron chi connectivity index (χ0n) is 8.92. The minimum Gasteiger partial charge on any atom is -0.375 e. The average molecular weight is 179 g/mol. The Labute approximate surface area is 81.8 Å². The van der Waals surface area contributed by atoms with Crippen molar-refractivity contribution in [1.29, 1.82) is 0 Å². The molecule has 0 aromatic heterocycles. The number of hydrogen-bond donors (Lipinski definition) is 0. The third-order valence-electron chi connectivity index (χ3n) is 3.77. The fourth-order valence-electron chi connectivity index (χ4n) is 2.61. The van der Waals surface area contributed by atoms with Crippen LogP contribution in [0.25, 0.3) is 0 Å². The van der Waals surface area contributed by atoms with Gasteiger partial charge in [0, 0.05) is 18.8 Å². The van der Waals surface area contributed by atoms with Gasteiger partial charge in [-0.2, -0.15) is 0 Å². The van der Waals surface area contributed by atoms with Crippen LogP contribution in [0.5, 0.6) is 0 Å². The van der Waals surface area contributed by atoms with E-state index in [9.17, 15) is 0 Å². The SMILES string of the molecule is CC1CCC=C(N2CCCC2)C1C. The molecule has 1 fully saturated rings. The van der Waals surface area contributed by atoms with Gasteiger partial charge in [-0.05, 0) is 37.5 Å². The lowest BCUT2D eigenvalue weighted by atomic mass is 9.83. The van der Waals surface area contributed by atoms with Crippen molar-refractivity contribution in [2.75, 3.05) is 13.1 Å². The van der Waals surface area contributed by atoms with Crippen LogP contribution in [0.15, 0.2) is 11.8 Å². The highest BCUT2D eigenvalue weighted by Crippen LogP contribution is 2.33. The van der Waals surface area contributed by atoms with Gasteiger partial charge < -0.3 is 4.90 Å². The molecule has 2 unspecified atom stereocenters. The largest absolute Gasteiger partial charge is 0.375 e. The lowest BCUT2D eigenvalue weighted by Gasteiger charge is -2.33. The molecule has 0 bridgehead atoms. The summed E-state index contributed by atoms with van der Waals surface area (Å²) in [5, 5.41) is 0. The lowest BCUT2D eigenvalue weighted by molar-refractivity contribution is 0.288. The number of rotatable bonds is 1. The molecule has 1 nitrogen and oxygen atoms in total. The van der Waals surface area contributed by atoms with Crippen molar-refractivity contribution in [2.45, 2.75) is 39.5 Å². The number of allylic oxidation sites excluding steroid dienone is 2. The Morgan fingerprint density at radius 2 is 1.92 bits per heavy atom. The maximum atomic E-state index is 2.61. The summed E-state index contributed by atoms with van der Waals surface area (Å²) in [6.07, 6.45) is 7.97. The van der Waals surface area contributed by atoms with Crippen molar-refractivity contribution >= 4 is 0 Å². The first-order valence-electron chi connectivity index (χ1n) is 5.74. The Bertz CT molecular complexity index is 201. The van der Waals surface area contributed by atoms with Crippen molar-refractivity contribution in [2.24, 2.45) is 11.8 Å². The van der Waals surface area contributed by atoms with Gasteiger partial charge in [0.2, 0.25) is 0 Å². The molecule has 2 aliphatic rings. The lowest BCUT2D eigenvalue weighted by Crippen LogP contribution is -2.28. The molecule has 74 valence electrons. The average Bonchev–Trinajstić information content (AvgIpc) is 2.62. The molecule has 0 saturated carbocycles. The van der Waals surface area contributed by atoms with E-state index in [4.69, 9.17) is 0 Å². The van der Waals surface area contributed by atoms with Crippen molar-refractivity contribution in [3.63, 3.8) is 0 Å². The molecule has 0 spiro atoms. The van der Waals surface area contributed by atoms with E-state index in [0.717, 1.165) is 11.8 Å². The molecule has 0 aromatic carbocycles. The van der Waals surface area contributed by atoms with E-state index in [1.807, 2.05) is 0 Å². The minimum absolute atomic E-state index is 0.798. The van der Waals surface area contributed by atoms with Gasteiger partial charge in [-0.3, -0.25) is 0 Å². The maximum Gasteiger partial charge on any atom is 0.0175 e. The second-order valence-corrected chi connectivity index (χ2v) is 4.67. The van der Waals surface area contributed by atoms with Gasteiger partial charge in [0.05, 0.1) is 0 Å². The van der Waals surface area contributed by atoms with Gasteiger partial charge in [-0.25, -0.2) is 0 Å². The minimum atomic E-state index is 0.798. The van der Waals surface area contributed by atoms with Crippen LogP contribution in [0.4, 0.5) is 0 Å². The van der Waals surface area contributed by atoms with E-state index < -0.39 is 0 Å². The van der Waals surface area contributed by atoms with Crippen LogP contribution in [-0.2, 0) is 0 Å². The van der Waals surface area contributed by atoms with Crippen LogP contribution in [0, 0.1) is 11.8 Å². The number of nitrogens with zero attached hydrogens (tertiary/aromatic N) is 1. The van der Waals surface area contributed by atoms with Crippen LogP contribution in [0.2, 0.25) is 0 Å². The second-order valence-electron chi connectivity index (χ2n) is 4.67. The Hall–Kier alpha value is -0.460. The molecular weight excluding hydrogens is 158 g/mol. The van der Waals surface area contributed by atoms with Gasteiger partial charge in [0.15, 0.2) is 0 Å². The predicted octanol–water partition coefficient (Wildman–Crippen LogP) is 3.03. The van der Waals surface area contributed by atoms with Gasteiger partial charge >= 0.3 is 0 Å². The third kappa shape index (κ3) is 1.74. The maximum absolute atomic E-state index is 2.61.